The molecule has 3 rings (SSSR count). The summed E-state index contributed by atoms with van der Waals surface area (Å²) < 4.78 is 51.2. The van der Waals surface area contributed by atoms with E-state index in [0.717, 1.165) is 18.2 Å². The molecule has 9 heteroatoms. The fraction of sp³-hybridized carbons (Fsp3) is 0.231. The predicted molar refractivity (Wildman–Crippen MR) is 125 cm³/mol. The molecule has 0 fully saturated rings. The molecule has 0 aliphatic rings. The van der Waals surface area contributed by atoms with Gasteiger partial charge in [-0.3, -0.25) is 9.59 Å². The summed E-state index contributed by atoms with van der Waals surface area (Å²) in [6, 6.07) is 17.5. The molecule has 2 amide bonds. The maximum Gasteiger partial charge on any atom is 0.416 e. The highest BCUT2D eigenvalue weighted by Gasteiger charge is 2.31. The van der Waals surface area contributed by atoms with Crippen LogP contribution in [0.4, 0.5) is 18.9 Å². The second kappa shape index (κ2) is 11.4. The molecule has 0 heterocycles. The van der Waals surface area contributed by atoms with Crippen molar-refractivity contribution in [3.63, 3.8) is 0 Å². The quantitative estimate of drug-likeness (QED) is 0.383. The van der Waals surface area contributed by atoms with E-state index in [1.165, 1.54) is 6.92 Å². The van der Waals surface area contributed by atoms with Gasteiger partial charge in [0, 0.05) is 6.92 Å². The van der Waals surface area contributed by atoms with Crippen molar-refractivity contribution in [2.75, 3.05) is 11.9 Å². The molecule has 0 spiro atoms. The van der Waals surface area contributed by atoms with Crippen LogP contribution in [0.25, 0.3) is 0 Å². The highest BCUT2D eigenvalue weighted by atomic mass is 19.4. The Morgan fingerprint density at radius 1 is 0.943 bits per heavy atom. The molecule has 0 saturated carbocycles. The lowest BCUT2D eigenvalue weighted by molar-refractivity contribution is -0.137. The monoisotopic (exact) mass is 486 g/mol. The number of hydrogen-bond acceptors (Lipinski definition) is 4. The van der Waals surface area contributed by atoms with Crippen molar-refractivity contribution in [2.24, 2.45) is 0 Å². The Labute approximate surface area is 201 Å². The summed E-state index contributed by atoms with van der Waals surface area (Å²) in [6.07, 6.45) is -4.80. The topological polar surface area (TPSA) is 76.7 Å². The average Bonchev–Trinajstić information content (AvgIpc) is 2.81. The number of halogens is 3. The van der Waals surface area contributed by atoms with E-state index >= 15 is 0 Å². The van der Waals surface area contributed by atoms with E-state index in [1.807, 2.05) is 6.92 Å². The minimum absolute atomic E-state index is 0.0336. The molecule has 6 nitrogen and oxygen atoms in total. The molecule has 1 unspecified atom stereocenters. The third-order valence-electron chi connectivity index (χ3n) is 4.91. The Hall–Kier alpha value is -4.01. The third-order valence-corrected chi connectivity index (χ3v) is 4.91. The fourth-order valence-electron chi connectivity index (χ4n) is 3.36. The molecule has 1 atom stereocenters. The largest absolute Gasteiger partial charge is 0.494 e. The number of alkyl halides is 3. The van der Waals surface area contributed by atoms with Crippen molar-refractivity contribution in [1.29, 1.82) is 0 Å². The van der Waals surface area contributed by atoms with Crippen LogP contribution < -0.4 is 20.1 Å². The molecule has 184 valence electrons. The number of hydrogen-bond donors (Lipinski definition) is 2. The third kappa shape index (κ3) is 7.49. The van der Waals surface area contributed by atoms with E-state index in [-0.39, 0.29) is 23.8 Å². The zero-order valence-electron chi connectivity index (χ0n) is 19.2. The molecule has 0 aliphatic carbocycles. The van der Waals surface area contributed by atoms with Crippen LogP contribution in [-0.2, 0) is 15.8 Å². The standard InChI is InChI=1S/C26H25F3N2O4/c1-3-34-20-10-12-21(13-11-20)35-24-14-9-19(26(27,28)29)15-23(24)31-25(33)16-22(30-17(2)32)18-7-5-4-6-8-18/h4-15,22H,3,16H2,1-2H3,(H,30,32)(H,31,33). The zero-order valence-corrected chi connectivity index (χ0v) is 19.2. The summed E-state index contributed by atoms with van der Waals surface area (Å²) in [5.74, 6) is 0.0647. The lowest BCUT2D eigenvalue weighted by Crippen LogP contribution is -2.29. The van der Waals surface area contributed by atoms with Crippen molar-refractivity contribution in [3.05, 3.63) is 83.9 Å². The summed E-state index contributed by atoms with van der Waals surface area (Å²) in [7, 11) is 0. The van der Waals surface area contributed by atoms with Gasteiger partial charge in [-0.2, -0.15) is 13.2 Å². The Balaban J connectivity index is 1.84. The number of benzene rings is 3. The van der Waals surface area contributed by atoms with E-state index in [9.17, 15) is 22.8 Å². The highest BCUT2D eigenvalue weighted by Crippen LogP contribution is 2.37. The minimum atomic E-state index is -4.61. The minimum Gasteiger partial charge on any atom is -0.494 e. The first-order chi connectivity index (χ1) is 16.7. The number of nitrogens with one attached hydrogen (secondary N) is 2. The lowest BCUT2D eigenvalue weighted by Gasteiger charge is -2.19. The second-order valence-electron chi connectivity index (χ2n) is 7.63. The first-order valence-electron chi connectivity index (χ1n) is 10.9. The molecule has 0 radical (unpaired) electrons. The van der Waals surface area contributed by atoms with Crippen molar-refractivity contribution in [2.45, 2.75) is 32.5 Å². The van der Waals surface area contributed by atoms with Gasteiger partial charge in [-0.1, -0.05) is 30.3 Å². The van der Waals surface area contributed by atoms with E-state index in [2.05, 4.69) is 10.6 Å². The maximum absolute atomic E-state index is 13.3. The van der Waals surface area contributed by atoms with Gasteiger partial charge in [0.05, 0.1) is 30.3 Å². The molecular weight excluding hydrogens is 461 g/mol. The zero-order chi connectivity index (χ0) is 25.4. The molecule has 0 bridgehead atoms. The Kier molecular flexibility index (Phi) is 8.35. The Bertz CT molecular complexity index is 1150. The van der Waals surface area contributed by atoms with Gasteiger partial charge in [0.1, 0.15) is 11.5 Å². The number of ether oxygens (including phenoxy) is 2. The van der Waals surface area contributed by atoms with E-state index in [1.54, 1.807) is 54.6 Å². The normalized spacial score (nSPS) is 11.9. The van der Waals surface area contributed by atoms with Crippen LogP contribution in [0, 0.1) is 0 Å². The summed E-state index contributed by atoms with van der Waals surface area (Å²) in [4.78, 5) is 24.5. The SMILES string of the molecule is CCOc1ccc(Oc2ccc(C(F)(F)F)cc2NC(=O)CC(NC(C)=O)c2ccccc2)cc1. The van der Waals surface area contributed by atoms with Crippen LogP contribution in [0.2, 0.25) is 0 Å². The van der Waals surface area contributed by atoms with Gasteiger partial charge in [-0.05, 0) is 55.0 Å². The van der Waals surface area contributed by atoms with Gasteiger partial charge in [0.2, 0.25) is 11.8 Å². The number of carbonyl (C=O) groups excluding carboxylic acids is 2. The molecule has 3 aromatic carbocycles. The number of amides is 2. The van der Waals surface area contributed by atoms with Gasteiger partial charge >= 0.3 is 6.18 Å². The Morgan fingerprint density at radius 3 is 2.20 bits per heavy atom. The number of carbonyl (C=O) groups is 2. The number of anilines is 1. The first kappa shape index (κ1) is 25.6. The molecule has 0 aliphatic heterocycles. The number of rotatable bonds is 9. The van der Waals surface area contributed by atoms with Crippen molar-refractivity contribution >= 4 is 17.5 Å². The van der Waals surface area contributed by atoms with Crippen LogP contribution in [0.15, 0.2) is 72.8 Å². The highest BCUT2D eigenvalue weighted by molar-refractivity contribution is 5.93. The fourth-order valence-corrected chi connectivity index (χ4v) is 3.36. The van der Waals surface area contributed by atoms with Crippen LogP contribution in [0.1, 0.15) is 37.4 Å². The van der Waals surface area contributed by atoms with Gasteiger partial charge < -0.3 is 20.1 Å². The van der Waals surface area contributed by atoms with Gasteiger partial charge in [-0.15, -0.1) is 0 Å². The first-order valence-corrected chi connectivity index (χ1v) is 10.9. The molecular formula is C26H25F3N2O4. The average molecular weight is 486 g/mol. The van der Waals surface area contributed by atoms with E-state index in [0.29, 0.717) is 23.7 Å². The molecule has 3 aromatic rings. The van der Waals surface area contributed by atoms with Crippen LogP contribution in [0.5, 0.6) is 17.2 Å². The maximum atomic E-state index is 13.3. The van der Waals surface area contributed by atoms with Gasteiger partial charge in [0.25, 0.3) is 0 Å². The van der Waals surface area contributed by atoms with E-state index in [4.69, 9.17) is 9.47 Å². The van der Waals surface area contributed by atoms with Gasteiger partial charge in [0.15, 0.2) is 5.75 Å². The molecule has 0 saturated heterocycles. The lowest BCUT2D eigenvalue weighted by atomic mass is 10.0. The summed E-state index contributed by atoms with van der Waals surface area (Å²) >= 11 is 0. The van der Waals surface area contributed by atoms with Crippen molar-refractivity contribution < 1.29 is 32.2 Å². The molecule has 0 aromatic heterocycles. The van der Waals surface area contributed by atoms with E-state index < -0.39 is 23.7 Å². The molecule has 2 N–H and O–H groups in total. The predicted octanol–water partition coefficient (Wildman–Crippen LogP) is 6.10. The van der Waals surface area contributed by atoms with Crippen LogP contribution >= 0.6 is 0 Å². The summed E-state index contributed by atoms with van der Waals surface area (Å²) in [5.41, 5.74) is -0.394. The van der Waals surface area contributed by atoms with Crippen molar-refractivity contribution in [3.8, 4) is 17.2 Å². The second-order valence-corrected chi connectivity index (χ2v) is 7.63. The van der Waals surface area contributed by atoms with Crippen LogP contribution in [0.3, 0.4) is 0 Å². The summed E-state index contributed by atoms with van der Waals surface area (Å²) in [5, 5.41) is 5.20. The van der Waals surface area contributed by atoms with Crippen LogP contribution in [-0.4, -0.2) is 18.4 Å². The molecule has 35 heavy (non-hydrogen) atoms. The van der Waals surface area contributed by atoms with Gasteiger partial charge in [-0.25, -0.2) is 0 Å². The Morgan fingerprint density at radius 2 is 1.60 bits per heavy atom. The van der Waals surface area contributed by atoms with Crippen molar-refractivity contribution in [1.82, 2.24) is 5.32 Å². The smallest absolute Gasteiger partial charge is 0.416 e. The summed E-state index contributed by atoms with van der Waals surface area (Å²) in [6.45, 7) is 3.65.